The van der Waals surface area contributed by atoms with Gasteiger partial charge in [0.15, 0.2) is 9.84 Å². The summed E-state index contributed by atoms with van der Waals surface area (Å²) in [4.78, 5) is 2.15. The molecule has 1 heterocycles. The van der Waals surface area contributed by atoms with Crippen molar-refractivity contribution in [1.82, 2.24) is 4.90 Å². The molecule has 1 aliphatic rings. The molecule has 1 saturated heterocycles. The lowest BCUT2D eigenvalue weighted by molar-refractivity contribution is 0.344. The van der Waals surface area contributed by atoms with E-state index in [1.54, 1.807) is 20.8 Å². The van der Waals surface area contributed by atoms with Gasteiger partial charge in [-0.1, -0.05) is 6.92 Å². The summed E-state index contributed by atoms with van der Waals surface area (Å²) < 4.78 is 23.2. The molecule has 16 heavy (non-hydrogen) atoms. The number of rotatable bonds is 3. The van der Waals surface area contributed by atoms with Gasteiger partial charge in [0.05, 0.1) is 10.5 Å². The van der Waals surface area contributed by atoms with E-state index in [9.17, 15) is 8.42 Å². The van der Waals surface area contributed by atoms with Crippen molar-refractivity contribution in [2.24, 2.45) is 11.7 Å². The fourth-order valence-electron chi connectivity index (χ4n) is 1.83. The van der Waals surface area contributed by atoms with Crippen molar-refractivity contribution < 1.29 is 8.42 Å². The molecule has 0 aromatic rings. The number of sulfone groups is 1. The molecule has 0 aromatic heterocycles. The molecule has 0 aliphatic carbocycles. The molecule has 0 aromatic carbocycles. The van der Waals surface area contributed by atoms with Gasteiger partial charge in [0.2, 0.25) is 0 Å². The quantitative estimate of drug-likeness (QED) is 0.789. The zero-order chi connectivity index (χ0) is 12.6. The highest BCUT2D eigenvalue weighted by Gasteiger charge is 2.31. The van der Waals surface area contributed by atoms with Gasteiger partial charge in [-0.25, -0.2) is 8.42 Å². The molecule has 5 heteroatoms. The summed E-state index contributed by atoms with van der Waals surface area (Å²) in [6.45, 7) is 9.71. The number of hydrogen-bond acceptors (Lipinski definition) is 4. The number of hydrogen-bond donors (Lipinski definition) is 1. The van der Waals surface area contributed by atoms with Crippen LogP contribution in [0.25, 0.3) is 0 Å². The predicted octanol–water partition coefficient (Wildman–Crippen LogP) is 0.479. The molecule has 2 atom stereocenters. The maximum absolute atomic E-state index is 11.9. The third-order valence-corrected chi connectivity index (χ3v) is 5.94. The Kier molecular flexibility index (Phi) is 4.03. The highest BCUT2D eigenvalue weighted by atomic mass is 32.2. The minimum absolute atomic E-state index is 0.192. The third-order valence-electron chi connectivity index (χ3n) is 3.36. The molecule has 2 unspecified atom stereocenters. The monoisotopic (exact) mass is 248 g/mol. The lowest BCUT2D eigenvalue weighted by Gasteiger charge is -2.22. The molecular formula is C11H24N2O2S. The van der Waals surface area contributed by atoms with E-state index < -0.39 is 14.6 Å². The summed E-state index contributed by atoms with van der Waals surface area (Å²) in [6.07, 6.45) is 0. The van der Waals surface area contributed by atoms with E-state index in [4.69, 9.17) is 5.73 Å². The predicted molar refractivity (Wildman–Crippen MR) is 67.1 cm³/mol. The van der Waals surface area contributed by atoms with Gasteiger partial charge in [0.1, 0.15) is 0 Å². The summed E-state index contributed by atoms with van der Waals surface area (Å²) in [5.74, 6) is 0.702. The van der Waals surface area contributed by atoms with E-state index in [0.29, 0.717) is 12.5 Å². The van der Waals surface area contributed by atoms with Gasteiger partial charge in [-0.15, -0.1) is 0 Å². The summed E-state index contributed by atoms with van der Waals surface area (Å²) in [6, 6.07) is 0.192. The fraction of sp³-hybridized carbons (Fsp3) is 1.00. The van der Waals surface area contributed by atoms with Gasteiger partial charge in [-0.3, -0.25) is 0 Å². The van der Waals surface area contributed by atoms with Crippen LogP contribution in [0.15, 0.2) is 0 Å². The topological polar surface area (TPSA) is 63.4 Å². The summed E-state index contributed by atoms with van der Waals surface area (Å²) in [5.41, 5.74) is 5.90. The highest BCUT2D eigenvalue weighted by Crippen LogP contribution is 2.18. The molecule has 1 fully saturated rings. The second-order valence-electron chi connectivity index (χ2n) is 5.83. The molecule has 1 aliphatic heterocycles. The minimum Gasteiger partial charge on any atom is -0.326 e. The Morgan fingerprint density at radius 2 is 1.88 bits per heavy atom. The van der Waals surface area contributed by atoms with Gasteiger partial charge >= 0.3 is 0 Å². The SMILES string of the molecule is CC1CN(CCS(=O)(=O)C(C)(C)C)CC1N. The smallest absolute Gasteiger partial charge is 0.156 e. The lowest BCUT2D eigenvalue weighted by atomic mass is 10.1. The summed E-state index contributed by atoms with van der Waals surface area (Å²) >= 11 is 0. The zero-order valence-electron chi connectivity index (χ0n) is 10.7. The summed E-state index contributed by atoms with van der Waals surface area (Å²) in [7, 11) is -3.00. The van der Waals surface area contributed by atoms with Crippen LogP contribution in [-0.4, -0.2) is 49.5 Å². The van der Waals surface area contributed by atoms with E-state index in [-0.39, 0.29) is 11.8 Å². The van der Waals surface area contributed by atoms with Gasteiger partial charge in [-0.2, -0.15) is 0 Å². The molecule has 4 nitrogen and oxygen atoms in total. The van der Waals surface area contributed by atoms with Crippen molar-refractivity contribution in [3.05, 3.63) is 0 Å². The van der Waals surface area contributed by atoms with Crippen molar-refractivity contribution in [2.75, 3.05) is 25.4 Å². The maximum Gasteiger partial charge on any atom is 0.156 e. The summed E-state index contributed by atoms with van der Waals surface area (Å²) in [5, 5.41) is 0. The van der Waals surface area contributed by atoms with Crippen molar-refractivity contribution in [3.63, 3.8) is 0 Å². The van der Waals surface area contributed by atoms with Crippen LogP contribution < -0.4 is 5.73 Å². The molecule has 0 bridgehead atoms. The Labute approximate surface area is 99.1 Å². The molecule has 0 spiro atoms. The fourth-order valence-corrected chi connectivity index (χ4v) is 2.94. The van der Waals surface area contributed by atoms with Crippen LogP contribution in [0.5, 0.6) is 0 Å². The van der Waals surface area contributed by atoms with Gasteiger partial charge < -0.3 is 10.6 Å². The standard InChI is InChI=1S/C11H24N2O2S/c1-9-7-13(8-10(9)12)5-6-16(14,15)11(2,3)4/h9-10H,5-8,12H2,1-4H3. The van der Waals surface area contributed by atoms with E-state index in [2.05, 4.69) is 11.8 Å². The van der Waals surface area contributed by atoms with Crippen molar-refractivity contribution >= 4 is 9.84 Å². The van der Waals surface area contributed by atoms with Gasteiger partial charge in [-0.05, 0) is 26.7 Å². The van der Waals surface area contributed by atoms with Crippen LogP contribution in [0.4, 0.5) is 0 Å². The Morgan fingerprint density at radius 1 is 1.31 bits per heavy atom. The average Bonchev–Trinajstić information content (AvgIpc) is 2.41. The molecule has 0 radical (unpaired) electrons. The molecular weight excluding hydrogens is 224 g/mol. The molecule has 96 valence electrons. The number of nitrogens with zero attached hydrogens (tertiary/aromatic N) is 1. The van der Waals surface area contributed by atoms with E-state index in [1.807, 2.05) is 0 Å². The maximum atomic E-state index is 11.9. The van der Waals surface area contributed by atoms with Crippen molar-refractivity contribution in [3.8, 4) is 0 Å². The van der Waals surface area contributed by atoms with E-state index in [1.165, 1.54) is 0 Å². The van der Waals surface area contributed by atoms with Gasteiger partial charge in [0.25, 0.3) is 0 Å². The average molecular weight is 248 g/mol. The van der Waals surface area contributed by atoms with Crippen LogP contribution in [0.1, 0.15) is 27.7 Å². The Hall–Kier alpha value is -0.130. The Morgan fingerprint density at radius 3 is 2.25 bits per heavy atom. The van der Waals surface area contributed by atoms with Crippen molar-refractivity contribution in [1.29, 1.82) is 0 Å². The first-order valence-electron chi connectivity index (χ1n) is 5.84. The first-order chi connectivity index (χ1) is 7.13. The zero-order valence-corrected chi connectivity index (χ0v) is 11.5. The van der Waals surface area contributed by atoms with Gasteiger partial charge in [0, 0.05) is 25.7 Å². The van der Waals surface area contributed by atoms with Crippen LogP contribution in [0.2, 0.25) is 0 Å². The van der Waals surface area contributed by atoms with Crippen molar-refractivity contribution in [2.45, 2.75) is 38.5 Å². The van der Waals surface area contributed by atoms with Crippen LogP contribution in [0.3, 0.4) is 0 Å². The first kappa shape index (κ1) is 13.9. The normalized spacial score (nSPS) is 28.6. The number of likely N-dealkylation sites (tertiary alicyclic amines) is 1. The second-order valence-corrected chi connectivity index (χ2v) is 8.69. The van der Waals surface area contributed by atoms with E-state index >= 15 is 0 Å². The highest BCUT2D eigenvalue weighted by molar-refractivity contribution is 7.92. The third kappa shape index (κ3) is 3.18. The van der Waals surface area contributed by atoms with E-state index in [0.717, 1.165) is 13.1 Å². The minimum atomic E-state index is -3.00. The Balaban J connectivity index is 2.48. The van der Waals surface area contributed by atoms with Crippen LogP contribution in [0, 0.1) is 5.92 Å². The molecule has 1 rings (SSSR count). The molecule has 0 amide bonds. The first-order valence-corrected chi connectivity index (χ1v) is 7.49. The van der Waals surface area contributed by atoms with Crippen LogP contribution in [-0.2, 0) is 9.84 Å². The largest absolute Gasteiger partial charge is 0.326 e. The molecule has 2 N–H and O–H groups in total. The second kappa shape index (κ2) is 4.63. The molecule has 0 saturated carbocycles. The lowest BCUT2D eigenvalue weighted by Crippen LogP contribution is -2.36. The Bertz CT molecular complexity index is 322. The van der Waals surface area contributed by atoms with Crippen LogP contribution >= 0.6 is 0 Å². The number of nitrogens with two attached hydrogens (primary N) is 1.